The molecule has 8 heteroatoms. The van der Waals surface area contributed by atoms with Crippen molar-refractivity contribution in [1.29, 1.82) is 0 Å². The van der Waals surface area contributed by atoms with Gasteiger partial charge in [0, 0.05) is 32.5 Å². The topological polar surface area (TPSA) is 105 Å². The number of benzene rings is 2. The number of nitrogens with one attached hydrogen (secondary N) is 1. The van der Waals surface area contributed by atoms with Gasteiger partial charge in [-0.05, 0) is 34.1 Å². The van der Waals surface area contributed by atoms with Crippen LogP contribution in [0.4, 0.5) is 4.79 Å². The van der Waals surface area contributed by atoms with Gasteiger partial charge in [0.05, 0.1) is 0 Å². The van der Waals surface area contributed by atoms with Crippen LogP contribution in [0.2, 0.25) is 0 Å². The van der Waals surface area contributed by atoms with Crippen LogP contribution in [0.25, 0.3) is 11.1 Å². The van der Waals surface area contributed by atoms with E-state index >= 15 is 0 Å². The molecule has 1 fully saturated rings. The number of likely N-dealkylation sites (tertiary alicyclic amines) is 1. The number of fused-ring (bicyclic) bond motifs is 3. The van der Waals surface area contributed by atoms with E-state index in [-0.39, 0.29) is 31.4 Å². The highest BCUT2D eigenvalue weighted by atomic mass is 16.5. The minimum absolute atomic E-state index is 0.0343. The maximum Gasteiger partial charge on any atom is 0.407 e. The molecule has 35 heavy (non-hydrogen) atoms. The van der Waals surface area contributed by atoms with E-state index < -0.39 is 29.6 Å². The van der Waals surface area contributed by atoms with Crippen LogP contribution >= 0.6 is 0 Å². The molecule has 2 amide bonds. The van der Waals surface area contributed by atoms with Crippen LogP contribution in [0.5, 0.6) is 0 Å². The number of ether oxygens (including phenoxy) is 2. The van der Waals surface area contributed by atoms with Gasteiger partial charge < -0.3 is 24.8 Å². The van der Waals surface area contributed by atoms with Gasteiger partial charge in [-0.2, -0.15) is 0 Å². The maximum absolute atomic E-state index is 13.0. The first-order valence-electron chi connectivity index (χ1n) is 11.9. The zero-order valence-corrected chi connectivity index (χ0v) is 20.3. The molecule has 0 bridgehead atoms. The summed E-state index contributed by atoms with van der Waals surface area (Å²) in [6, 6.07) is 15.3. The molecule has 1 aliphatic heterocycles. The van der Waals surface area contributed by atoms with Crippen LogP contribution in [-0.4, -0.2) is 66.9 Å². The van der Waals surface area contributed by atoms with Crippen LogP contribution in [0.1, 0.15) is 43.7 Å². The fraction of sp³-hybridized carbons (Fsp3) is 0.444. The fourth-order valence-corrected chi connectivity index (χ4v) is 5.28. The standard InChI is InChI=1S/C27H32N2O6/c1-27(2)13-15-29(23(27)25(31)32)24(30)22(34-3)12-14-28-26(33)35-16-21-19-10-6-4-8-17(19)18-9-5-7-11-20(18)21/h4-11,21-23H,12-16H2,1-3H3,(H,28,33)(H,31,32). The van der Waals surface area contributed by atoms with Gasteiger partial charge >= 0.3 is 12.1 Å². The Bertz CT molecular complexity index is 1070. The summed E-state index contributed by atoms with van der Waals surface area (Å²) in [6.45, 7) is 4.42. The van der Waals surface area contributed by atoms with Gasteiger partial charge in [-0.25, -0.2) is 9.59 Å². The van der Waals surface area contributed by atoms with Crippen molar-refractivity contribution in [1.82, 2.24) is 10.2 Å². The van der Waals surface area contributed by atoms with Crippen LogP contribution < -0.4 is 5.32 Å². The number of hydrogen-bond donors (Lipinski definition) is 2. The van der Waals surface area contributed by atoms with E-state index in [0.717, 1.165) is 22.3 Å². The Kier molecular flexibility index (Phi) is 7.12. The van der Waals surface area contributed by atoms with Crippen LogP contribution in [-0.2, 0) is 19.1 Å². The van der Waals surface area contributed by atoms with Gasteiger partial charge in [0.25, 0.3) is 5.91 Å². The molecule has 2 aromatic carbocycles. The Balaban J connectivity index is 1.30. The molecule has 2 unspecified atom stereocenters. The number of rotatable bonds is 8. The average Bonchev–Trinajstić information content (AvgIpc) is 3.34. The predicted octanol–water partition coefficient (Wildman–Crippen LogP) is 3.64. The summed E-state index contributed by atoms with van der Waals surface area (Å²) in [5.74, 6) is -1.43. The van der Waals surface area contributed by atoms with Crippen LogP contribution in [0, 0.1) is 5.41 Å². The summed E-state index contributed by atoms with van der Waals surface area (Å²) in [5, 5.41) is 12.3. The molecule has 186 valence electrons. The summed E-state index contributed by atoms with van der Waals surface area (Å²) in [5.41, 5.74) is 4.06. The fourth-order valence-electron chi connectivity index (χ4n) is 5.28. The molecule has 2 aromatic rings. The summed E-state index contributed by atoms with van der Waals surface area (Å²) >= 11 is 0. The molecule has 4 rings (SSSR count). The van der Waals surface area contributed by atoms with E-state index in [0.29, 0.717) is 13.0 Å². The second-order valence-corrected chi connectivity index (χ2v) is 9.78. The molecule has 0 aromatic heterocycles. The van der Waals surface area contributed by atoms with E-state index in [2.05, 4.69) is 29.6 Å². The second kappa shape index (κ2) is 10.1. The lowest BCUT2D eigenvalue weighted by Gasteiger charge is -2.31. The third-order valence-corrected chi connectivity index (χ3v) is 7.15. The highest BCUT2D eigenvalue weighted by molar-refractivity contribution is 5.87. The second-order valence-electron chi connectivity index (χ2n) is 9.78. The minimum Gasteiger partial charge on any atom is -0.480 e. The monoisotopic (exact) mass is 480 g/mol. The van der Waals surface area contributed by atoms with Gasteiger partial charge in [-0.1, -0.05) is 62.4 Å². The van der Waals surface area contributed by atoms with E-state index in [9.17, 15) is 19.5 Å². The van der Waals surface area contributed by atoms with Gasteiger partial charge in [-0.3, -0.25) is 4.79 Å². The maximum atomic E-state index is 13.0. The SMILES string of the molecule is COC(CCNC(=O)OCC1c2ccccc2-c2ccccc21)C(=O)N1CCC(C)(C)C1C(=O)O. The number of nitrogens with zero attached hydrogens (tertiary/aromatic N) is 1. The summed E-state index contributed by atoms with van der Waals surface area (Å²) in [4.78, 5) is 38.5. The molecule has 2 N–H and O–H groups in total. The number of alkyl carbamates (subject to hydrolysis) is 1. The zero-order chi connectivity index (χ0) is 25.2. The van der Waals surface area contributed by atoms with Crippen molar-refractivity contribution < 1.29 is 29.0 Å². The largest absolute Gasteiger partial charge is 0.480 e. The van der Waals surface area contributed by atoms with Crippen molar-refractivity contribution in [3.05, 3.63) is 59.7 Å². The van der Waals surface area contributed by atoms with Crippen molar-refractivity contribution in [2.24, 2.45) is 5.41 Å². The molecule has 0 radical (unpaired) electrons. The summed E-state index contributed by atoms with van der Waals surface area (Å²) < 4.78 is 10.9. The molecule has 0 spiro atoms. The molecule has 0 saturated carbocycles. The van der Waals surface area contributed by atoms with Crippen molar-refractivity contribution >= 4 is 18.0 Å². The van der Waals surface area contributed by atoms with Gasteiger partial charge in [-0.15, -0.1) is 0 Å². The summed E-state index contributed by atoms with van der Waals surface area (Å²) in [6.07, 6.45) is -0.605. The first-order valence-corrected chi connectivity index (χ1v) is 11.9. The minimum atomic E-state index is -1.02. The number of carbonyl (C=O) groups excluding carboxylic acids is 2. The molecule has 8 nitrogen and oxygen atoms in total. The van der Waals surface area contributed by atoms with E-state index in [1.54, 1.807) is 0 Å². The van der Waals surface area contributed by atoms with E-state index in [1.807, 2.05) is 38.1 Å². The smallest absolute Gasteiger partial charge is 0.407 e. The molecular formula is C27H32N2O6. The molecule has 1 heterocycles. The lowest BCUT2D eigenvalue weighted by atomic mass is 9.85. The number of amides is 2. The number of methoxy groups -OCH3 is 1. The molecule has 2 atom stereocenters. The zero-order valence-electron chi connectivity index (χ0n) is 20.3. The Labute approximate surface area is 205 Å². The highest BCUT2D eigenvalue weighted by Gasteiger charge is 2.48. The highest BCUT2D eigenvalue weighted by Crippen LogP contribution is 2.44. The van der Waals surface area contributed by atoms with Gasteiger partial charge in [0.1, 0.15) is 18.8 Å². The lowest BCUT2D eigenvalue weighted by Crippen LogP contribution is -2.50. The molecule has 2 aliphatic rings. The number of carboxylic acids is 1. The van der Waals surface area contributed by atoms with Crippen molar-refractivity contribution in [3.63, 3.8) is 0 Å². The van der Waals surface area contributed by atoms with Gasteiger partial charge in [0.2, 0.25) is 0 Å². The van der Waals surface area contributed by atoms with Gasteiger partial charge in [0.15, 0.2) is 0 Å². The first kappa shape index (κ1) is 24.7. The average molecular weight is 481 g/mol. The number of hydrogen-bond acceptors (Lipinski definition) is 5. The quantitative estimate of drug-likeness (QED) is 0.598. The molecule has 1 saturated heterocycles. The third-order valence-electron chi connectivity index (χ3n) is 7.15. The van der Waals surface area contributed by atoms with E-state index in [1.165, 1.54) is 12.0 Å². The van der Waals surface area contributed by atoms with E-state index in [4.69, 9.17) is 9.47 Å². The molecule has 1 aliphatic carbocycles. The number of aliphatic carboxylic acids is 1. The van der Waals surface area contributed by atoms with Crippen molar-refractivity contribution in [3.8, 4) is 11.1 Å². The van der Waals surface area contributed by atoms with Crippen molar-refractivity contribution in [2.45, 2.75) is 44.8 Å². The Morgan fingerprint density at radius 1 is 1.09 bits per heavy atom. The first-order chi connectivity index (χ1) is 16.7. The Morgan fingerprint density at radius 2 is 1.69 bits per heavy atom. The number of carbonyl (C=O) groups is 3. The third kappa shape index (κ3) is 4.89. The Morgan fingerprint density at radius 3 is 2.26 bits per heavy atom. The number of carboxylic acid groups (broad SMARTS) is 1. The van der Waals surface area contributed by atoms with Crippen LogP contribution in [0.3, 0.4) is 0 Å². The van der Waals surface area contributed by atoms with Crippen molar-refractivity contribution in [2.75, 3.05) is 26.8 Å². The predicted molar refractivity (Wildman–Crippen MR) is 130 cm³/mol. The summed E-state index contributed by atoms with van der Waals surface area (Å²) in [7, 11) is 1.41. The molecular weight excluding hydrogens is 448 g/mol. The van der Waals surface area contributed by atoms with Crippen LogP contribution in [0.15, 0.2) is 48.5 Å². The lowest BCUT2D eigenvalue weighted by molar-refractivity contribution is -0.155. The Hall–Kier alpha value is -3.39. The normalized spacial score (nSPS) is 19.1.